The molecule has 0 bridgehead atoms. The molecule has 0 aliphatic heterocycles. The largest absolute Gasteiger partial charge is 0.396 e. The van der Waals surface area contributed by atoms with E-state index in [2.05, 4.69) is 34.2 Å². The highest BCUT2D eigenvalue weighted by Gasteiger charge is 2.34. The van der Waals surface area contributed by atoms with Crippen LogP contribution in [0.5, 0.6) is 0 Å². The van der Waals surface area contributed by atoms with Gasteiger partial charge in [0.15, 0.2) is 0 Å². The van der Waals surface area contributed by atoms with E-state index in [1.54, 1.807) is 42.3 Å². The van der Waals surface area contributed by atoms with Crippen LogP contribution >= 0.6 is 0 Å². The minimum Gasteiger partial charge on any atom is -0.396 e. The van der Waals surface area contributed by atoms with Gasteiger partial charge in [0.2, 0.25) is 5.95 Å². The van der Waals surface area contributed by atoms with Crippen molar-refractivity contribution in [2.75, 3.05) is 19.0 Å². The first kappa shape index (κ1) is 25.2. The summed E-state index contributed by atoms with van der Waals surface area (Å²) in [4.78, 5) is 8.80. The lowest BCUT2D eigenvalue weighted by Gasteiger charge is -2.38. The maximum atomic E-state index is 14.8. The average Bonchev–Trinajstić information content (AvgIpc) is 3.26. The summed E-state index contributed by atoms with van der Waals surface area (Å²) in [5.74, 6) is 0.145. The predicted molar refractivity (Wildman–Crippen MR) is 138 cm³/mol. The fourth-order valence-corrected chi connectivity index (χ4v) is 5.77. The average molecular weight is 508 g/mol. The van der Waals surface area contributed by atoms with E-state index >= 15 is 0 Å². The summed E-state index contributed by atoms with van der Waals surface area (Å²) in [7, 11) is 1.78. The van der Waals surface area contributed by atoms with Crippen molar-refractivity contribution in [2.45, 2.75) is 45.1 Å². The molecule has 0 radical (unpaired) electrons. The normalized spacial score (nSPS) is 21.9. The number of ether oxygens (including phenoxy) is 1. The van der Waals surface area contributed by atoms with Gasteiger partial charge in [-0.25, -0.2) is 13.8 Å². The molecule has 1 saturated carbocycles. The van der Waals surface area contributed by atoms with E-state index in [0.29, 0.717) is 34.8 Å². The van der Waals surface area contributed by atoms with Crippen molar-refractivity contribution >= 4 is 17.2 Å². The zero-order valence-corrected chi connectivity index (χ0v) is 21.2. The van der Waals surface area contributed by atoms with Gasteiger partial charge in [-0.2, -0.15) is 9.61 Å². The number of aliphatic hydroxyl groups excluding tert-OH is 1. The number of rotatable bonds is 7. The number of methoxy groups -OCH3 is 1. The summed E-state index contributed by atoms with van der Waals surface area (Å²) in [5.41, 5.74) is 2.96. The minimum absolute atomic E-state index is 0.144. The zero-order valence-electron chi connectivity index (χ0n) is 21.2. The fraction of sp³-hybridized carbons (Fsp3) is 0.393. The number of pyridine rings is 1. The molecule has 3 aromatic heterocycles. The number of nitrogens with zero attached hydrogens (tertiary/aromatic N) is 4. The van der Waals surface area contributed by atoms with E-state index in [1.807, 2.05) is 6.07 Å². The van der Waals surface area contributed by atoms with Crippen molar-refractivity contribution in [3.05, 3.63) is 71.7 Å². The van der Waals surface area contributed by atoms with Crippen LogP contribution in [0.3, 0.4) is 0 Å². The fourth-order valence-electron chi connectivity index (χ4n) is 5.77. The number of hydrogen-bond donors (Lipinski definition) is 2. The van der Waals surface area contributed by atoms with Crippen molar-refractivity contribution in [1.29, 1.82) is 0 Å². The summed E-state index contributed by atoms with van der Waals surface area (Å²) in [6.07, 6.45) is 7.64. The van der Waals surface area contributed by atoms with Crippen LogP contribution in [0.15, 0.2) is 48.9 Å². The number of halogens is 2. The monoisotopic (exact) mass is 507 g/mol. The van der Waals surface area contributed by atoms with Crippen molar-refractivity contribution in [3.8, 4) is 11.3 Å². The van der Waals surface area contributed by atoms with Crippen LogP contribution in [0.1, 0.15) is 43.7 Å². The third-order valence-electron chi connectivity index (χ3n) is 7.39. The van der Waals surface area contributed by atoms with E-state index in [4.69, 9.17) is 9.84 Å². The number of imidazole rings is 1. The number of anilines is 2. The highest BCUT2D eigenvalue weighted by Crippen LogP contribution is 2.43. The quantitative estimate of drug-likeness (QED) is 0.343. The summed E-state index contributed by atoms with van der Waals surface area (Å²) in [5, 5.41) is 17.0. The standard InChI is InChI=1S/C28H31F2N5O2/c1-16-10-19(11-17(2)27(16)37-3)21-6-8-31-15-25(21)33-28-32-14-20-4-5-24(34-35(20)28)26-22(29)12-18(7-9-36)13-23(26)30/h4-6,8,12-17,19,27,36H,7,9-11H2,1-3H3,(H,32,33)/t16-,17+,19?,27?. The Balaban J connectivity index is 1.48. The second kappa shape index (κ2) is 10.5. The second-order valence-electron chi connectivity index (χ2n) is 9.96. The Morgan fingerprint density at radius 3 is 2.49 bits per heavy atom. The van der Waals surface area contributed by atoms with Crippen molar-refractivity contribution in [2.24, 2.45) is 11.8 Å². The van der Waals surface area contributed by atoms with Crippen LogP contribution in [0.4, 0.5) is 20.4 Å². The molecule has 9 heteroatoms. The summed E-state index contributed by atoms with van der Waals surface area (Å²) in [6.45, 7) is 4.27. The molecule has 5 rings (SSSR count). The Morgan fingerprint density at radius 1 is 1.08 bits per heavy atom. The number of aliphatic hydroxyl groups is 1. The van der Waals surface area contributed by atoms with Crippen molar-refractivity contribution < 1.29 is 18.6 Å². The van der Waals surface area contributed by atoms with E-state index in [9.17, 15) is 8.78 Å². The summed E-state index contributed by atoms with van der Waals surface area (Å²) >= 11 is 0. The summed E-state index contributed by atoms with van der Waals surface area (Å²) in [6, 6.07) is 7.79. The van der Waals surface area contributed by atoms with Crippen molar-refractivity contribution in [3.63, 3.8) is 0 Å². The van der Waals surface area contributed by atoms with E-state index in [-0.39, 0.29) is 30.4 Å². The summed E-state index contributed by atoms with van der Waals surface area (Å²) < 4.78 is 37.0. The molecule has 0 saturated heterocycles. The van der Waals surface area contributed by atoms with Crippen LogP contribution in [0, 0.1) is 23.5 Å². The SMILES string of the molecule is COC1[C@H](C)CC(c2ccncc2Nc2ncc3ccc(-c4c(F)cc(CCO)cc4F)nn23)C[C@@H]1C. The molecule has 194 valence electrons. The highest BCUT2D eigenvalue weighted by molar-refractivity contribution is 5.66. The third kappa shape index (κ3) is 4.93. The van der Waals surface area contributed by atoms with Gasteiger partial charge in [-0.1, -0.05) is 13.8 Å². The Labute approximate surface area is 214 Å². The van der Waals surface area contributed by atoms with E-state index < -0.39 is 11.6 Å². The van der Waals surface area contributed by atoms with Gasteiger partial charge >= 0.3 is 0 Å². The molecular weight excluding hydrogens is 476 g/mol. The maximum absolute atomic E-state index is 14.8. The van der Waals surface area contributed by atoms with Gasteiger partial charge in [0.05, 0.1) is 41.0 Å². The van der Waals surface area contributed by atoms with Gasteiger partial charge < -0.3 is 15.2 Å². The first-order valence-corrected chi connectivity index (χ1v) is 12.6. The molecule has 2 unspecified atom stereocenters. The minimum atomic E-state index is -0.727. The molecule has 37 heavy (non-hydrogen) atoms. The number of nitrogens with one attached hydrogen (secondary N) is 1. The lowest BCUT2D eigenvalue weighted by atomic mass is 9.72. The molecule has 1 aromatic carbocycles. The second-order valence-corrected chi connectivity index (χ2v) is 9.96. The predicted octanol–water partition coefficient (Wildman–Crippen LogP) is 5.51. The lowest BCUT2D eigenvalue weighted by Crippen LogP contribution is -2.35. The zero-order chi connectivity index (χ0) is 26.1. The van der Waals surface area contributed by atoms with Crippen LogP contribution in [0.2, 0.25) is 0 Å². The molecule has 0 spiro atoms. The van der Waals surface area contributed by atoms with Gasteiger partial charge in [-0.3, -0.25) is 4.98 Å². The molecule has 1 aliphatic carbocycles. The Kier molecular flexibility index (Phi) is 7.17. The molecule has 7 nitrogen and oxygen atoms in total. The number of aromatic nitrogens is 4. The van der Waals surface area contributed by atoms with Crippen LogP contribution < -0.4 is 5.32 Å². The first-order valence-electron chi connectivity index (χ1n) is 12.6. The highest BCUT2D eigenvalue weighted by atomic mass is 19.1. The molecular formula is C28H31F2N5O2. The van der Waals surface area contributed by atoms with E-state index in [1.165, 1.54) is 12.1 Å². The molecule has 3 heterocycles. The Bertz CT molecular complexity index is 1370. The topological polar surface area (TPSA) is 84.6 Å². The molecule has 2 N–H and O–H groups in total. The van der Waals surface area contributed by atoms with Gasteiger partial charge in [0.1, 0.15) is 11.6 Å². The van der Waals surface area contributed by atoms with Crippen molar-refractivity contribution in [1.82, 2.24) is 19.6 Å². The first-order chi connectivity index (χ1) is 17.9. The van der Waals surface area contributed by atoms with Gasteiger partial charge in [0.25, 0.3) is 0 Å². The van der Waals surface area contributed by atoms with Gasteiger partial charge in [-0.05, 0) is 78.5 Å². The molecule has 0 amide bonds. The lowest BCUT2D eigenvalue weighted by molar-refractivity contribution is -0.0131. The van der Waals surface area contributed by atoms with E-state index in [0.717, 1.165) is 24.1 Å². The number of hydrogen-bond acceptors (Lipinski definition) is 6. The number of benzene rings is 1. The molecule has 4 aromatic rings. The van der Waals surface area contributed by atoms with Gasteiger partial charge in [-0.15, -0.1) is 0 Å². The van der Waals surface area contributed by atoms with Crippen LogP contribution in [0.25, 0.3) is 16.8 Å². The molecule has 4 atom stereocenters. The Morgan fingerprint density at radius 2 is 1.81 bits per heavy atom. The third-order valence-corrected chi connectivity index (χ3v) is 7.39. The van der Waals surface area contributed by atoms with Crippen LogP contribution in [-0.4, -0.2) is 44.5 Å². The Hall–Kier alpha value is -3.43. The molecule has 1 aliphatic rings. The molecule has 1 fully saturated rings. The van der Waals surface area contributed by atoms with Crippen LogP contribution in [-0.2, 0) is 11.2 Å². The smallest absolute Gasteiger partial charge is 0.229 e. The maximum Gasteiger partial charge on any atom is 0.229 e. The number of fused-ring (bicyclic) bond motifs is 1. The van der Waals surface area contributed by atoms with Gasteiger partial charge in [0, 0.05) is 19.9 Å².